The SMILES string of the molecule is CC1(C)CC(=O)c2cc(C3=CC(c4ccc(Br)cc4)=CC3c3nnc4c(n3)Nc3ccccc3N4)[nH]c2C1. The second-order valence-corrected chi connectivity index (χ2v) is 11.8. The Labute approximate surface area is 228 Å². The molecule has 0 amide bonds. The van der Waals surface area contributed by atoms with Crippen LogP contribution in [-0.2, 0) is 6.42 Å². The van der Waals surface area contributed by atoms with Gasteiger partial charge in [-0.25, -0.2) is 4.98 Å². The Morgan fingerprint density at radius 3 is 2.45 bits per heavy atom. The average molecular weight is 565 g/mol. The summed E-state index contributed by atoms with van der Waals surface area (Å²) in [6, 6.07) is 18.2. The number of Topliss-reactive ketones (excluding diaryl/α,β-unsaturated/α-hetero) is 1. The number of para-hydroxylation sites is 2. The molecule has 1 atom stereocenters. The topological polar surface area (TPSA) is 95.6 Å². The van der Waals surface area contributed by atoms with Gasteiger partial charge in [0.15, 0.2) is 23.2 Å². The fourth-order valence-electron chi connectivity index (χ4n) is 5.57. The van der Waals surface area contributed by atoms with Crippen LogP contribution in [0, 0.1) is 5.41 Å². The molecule has 1 aliphatic heterocycles. The predicted molar refractivity (Wildman–Crippen MR) is 153 cm³/mol. The summed E-state index contributed by atoms with van der Waals surface area (Å²) in [6.45, 7) is 4.29. The second kappa shape index (κ2) is 8.49. The molecule has 0 saturated heterocycles. The lowest BCUT2D eigenvalue weighted by Gasteiger charge is -2.27. The number of nitrogens with one attached hydrogen (secondary N) is 3. The highest BCUT2D eigenvalue weighted by molar-refractivity contribution is 9.10. The fourth-order valence-corrected chi connectivity index (χ4v) is 5.83. The van der Waals surface area contributed by atoms with Crippen molar-refractivity contribution in [3.05, 3.63) is 99.6 Å². The van der Waals surface area contributed by atoms with Crippen molar-refractivity contribution < 1.29 is 4.79 Å². The first kappa shape index (κ1) is 23.1. The Kier molecular flexibility index (Phi) is 5.16. The Morgan fingerprint density at radius 2 is 1.68 bits per heavy atom. The maximum Gasteiger partial charge on any atom is 0.196 e. The first-order valence-corrected chi connectivity index (χ1v) is 13.4. The molecule has 0 spiro atoms. The summed E-state index contributed by atoms with van der Waals surface area (Å²) in [5.74, 6) is 1.79. The van der Waals surface area contributed by atoms with Crippen LogP contribution in [0.25, 0.3) is 11.1 Å². The van der Waals surface area contributed by atoms with Gasteiger partial charge in [0.05, 0.1) is 17.3 Å². The van der Waals surface area contributed by atoms with Crippen molar-refractivity contribution in [3.8, 4) is 0 Å². The number of anilines is 4. The molecule has 7 nitrogen and oxygen atoms in total. The van der Waals surface area contributed by atoms with Gasteiger partial charge in [0.25, 0.3) is 0 Å². The smallest absolute Gasteiger partial charge is 0.196 e. The van der Waals surface area contributed by atoms with Crippen molar-refractivity contribution in [2.75, 3.05) is 10.6 Å². The maximum absolute atomic E-state index is 13.0. The van der Waals surface area contributed by atoms with Crippen LogP contribution in [0.3, 0.4) is 0 Å². The molecule has 7 rings (SSSR count). The number of H-pyrrole nitrogens is 1. The zero-order chi connectivity index (χ0) is 26.0. The number of nitrogens with zero attached hydrogens (tertiary/aromatic N) is 3. The van der Waals surface area contributed by atoms with Crippen LogP contribution in [0.4, 0.5) is 23.0 Å². The molecule has 2 aromatic heterocycles. The third kappa shape index (κ3) is 3.96. The predicted octanol–water partition coefficient (Wildman–Crippen LogP) is 7.18. The summed E-state index contributed by atoms with van der Waals surface area (Å²) < 4.78 is 1.03. The molecule has 38 heavy (non-hydrogen) atoms. The maximum atomic E-state index is 13.0. The summed E-state index contributed by atoms with van der Waals surface area (Å²) in [7, 11) is 0. The Morgan fingerprint density at radius 1 is 0.947 bits per heavy atom. The van der Waals surface area contributed by atoms with Gasteiger partial charge in [-0.2, -0.15) is 0 Å². The number of ketones is 1. The molecule has 0 fully saturated rings. The molecule has 8 heteroatoms. The van der Waals surface area contributed by atoms with Crippen molar-refractivity contribution in [2.45, 2.75) is 32.6 Å². The van der Waals surface area contributed by atoms with Gasteiger partial charge in [0, 0.05) is 27.8 Å². The Hall–Kier alpha value is -4.04. The monoisotopic (exact) mass is 564 g/mol. The molecule has 3 heterocycles. The van der Waals surface area contributed by atoms with Gasteiger partial charge < -0.3 is 15.6 Å². The standard InChI is InChI=1S/C30H25BrN6O/c1-30(2)14-25-21(26(38)15-30)13-24(32-25)19-11-17(16-7-9-18(31)10-8-16)12-20(19)27-35-28-29(37-36-27)34-23-6-4-3-5-22(23)33-28/h3-13,20,32H,14-15H2,1-2H3,(H,34,37)(H,33,35,36). The van der Waals surface area contributed by atoms with E-state index in [9.17, 15) is 4.79 Å². The molecule has 3 N–H and O–H groups in total. The summed E-state index contributed by atoms with van der Waals surface area (Å²) in [4.78, 5) is 21.4. The molecule has 188 valence electrons. The van der Waals surface area contributed by atoms with Gasteiger partial charge in [0.2, 0.25) is 0 Å². The van der Waals surface area contributed by atoms with E-state index in [0.717, 1.165) is 55.9 Å². The number of allylic oxidation sites excluding steroid dienone is 4. The number of fused-ring (bicyclic) bond motifs is 3. The van der Waals surface area contributed by atoms with Gasteiger partial charge in [0.1, 0.15) is 0 Å². The van der Waals surface area contributed by atoms with Gasteiger partial charge in [-0.1, -0.05) is 60.1 Å². The van der Waals surface area contributed by atoms with Crippen molar-refractivity contribution in [1.82, 2.24) is 20.2 Å². The molecule has 0 radical (unpaired) electrons. The van der Waals surface area contributed by atoms with E-state index in [0.29, 0.717) is 23.9 Å². The van der Waals surface area contributed by atoms with Crippen molar-refractivity contribution in [3.63, 3.8) is 0 Å². The summed E-state index contributed by atoms with van der Waals surface area (Å²) in [6.07, 6.45) is 5.74. The largest absolute Gasteiger partial charge is 0.358 e. The lowest BCUT2D eigenvalue weighted by Crippen LogP contribution is -2.26. The van der Waals surface area contributed by atoms with E-state index in [4.69, 9.17) is 4.98 Å². The highest BCUT2D eigenvalue weighted by Gasteiger charge is 2.35. The number of carbonyl (C=O) groups excluding carboxylic acids is 1. The van der Waals surface area contributed by atoms with E-state index < -0.39 is 0 Å². The second-order valence-electron chi connectivity index (χ2n) is 10.9. The zero-order valence-corrected chi connectivity index (χ0v) is 22.6. The Balaban J connectivity index is 1.31. The van der Waals surface area contributed by atoms with E-state index in [1.807, 2.05) is 42.5 Å². The molecular weight excluding hydrogens is 540 g/mol. The average Bonchev–Trinajstić information content (AvgIpc) is 3.52. The van der Waals surface area contributed by atoms with Crippen molar-refractivity contribution in [2.24, 2.45) is 5.41 Å². The van der Waals surface area contributed by atoms with E-state index in [2.05, 4.69) is 79.9 Å². The summed E-state index contributed by atoms with van der Waals surface area (Å²) in [5, 5.41) is 15.7. The number of benzene rings is 2. The van der Waals surface area contributed by atoms with Crippen LogP contribution in [0.1, 0.15) is 59.3 Å². The minimum Gasteiger partial charge on any atom is -0.358 e. The molecule has 1 unspecified atom stereocenters. The van der Waals surface area contributed by atoms with E-state index in [1.165, 1.54) is 0 Å². The number of aromatic nitrogens is 4. The molecule has 3 aliphatic rings. The van der Waals surface area contributed by atoms with Crippen LogP contribution in [-0.4, -0.2) is 25.9 Å². The van der Waals surface area contributed by atoms with Gasteiger partial charge in [-0.05, 0) is 65.0 Å². The van der Waals surface area contributed by atoms with Crippen molar-refractivity contribution in [1.29, 1.82) is 0 Å². The fraction of sp³-hybridized carbons (Fsp3) is 0.200. The van der Waals surface area contributed by atoms with Crippen molar-refractivity contribution >= 4 is 55.9 Å². The van der Waals surface area contributed by atoms with Crippen LogP contribution in [0.2, 0.25) is 0 Å². The van der Waals surface area contributed by atoms with Gasteiger partial charge in [-0.3, -0.25) is 4.79 Å². The number of halogens is 1. The molecule has 2 aromatic carbocycles. The van der Waals surface area contributed by atoms with Gasteiger partial charge in [-0.15, -0.1) is 10.2 Å². The third-order valence-corrected chi connectivity index (χ3v) is 7.92. The lowest BCUT2D eigenvalue weighted by molar-refractivity contribution is 0.0912. The highest BCUT2D eigenvalue weighted by Crippen LogP contribution is 2.44. The van der Waals surface area contributed by atoms with Crippen LogP contribution in [0.15, 0.2) is 71.2 Å². The molecule has 4 aromatic rings. The Bertz CT molecular complexity index is 1680. The number of rotatable bonds is 3. The minimum absolute atomic E-state index is 0.0585. The minimum atomic E-state index is -0.228. The normalized spacial score (nSPS) is 18.9. The molecule has 0 saturated carbocycles. The van der Waals surface area contributed by atoms with E-state index >= 15 is 0 Å². The third-order valence-electron chi connectivity index (χ3n) is 7.39. The quantitative estimate of drug-likeness (QED) is 0.215. The first-order chi connectivity index (χ1) is 18.3. The number of carbonyl (C=O) groups is 1. The molecule has 2 aliphatic carbocycles. The highest BCUT2D eigenvalue weighted by atomic mass is 79.9. The zero-order valence-electron chi connectivity index (χ0n) is 21.0. The number of aromatic amines is 1. The van der Waals surface area contributed by atoms with E-state index in [1.54, 1.807) is 0 Å². The van der Waals surface area contributed by atoms with Gasteiger partial charge >= 0.3 is 0 Å². The lowest BCUT2D eigenvalue weighted by atomic mass is 9.76. The van der Waals surface area contributed by atoms with E-state index in [-0.39, 0.29) is 17.1 Å². The first-order valence-electron chi connectivity index (χ1n) is 12.7. The van der Waals surface area contributed by atoms with Crippen LogP contribution < -0.4 is 10.6 Å². The molecule has 0 bridgehead atoms. The summed E-state index contributed by atoms with van der Waals surface area (Å²) in [5.41, 5.74) is 7.74. The number of hydrogen-bond acceptors (Lipinski definition) is 6. The number of hydrogen-bond donors (Lipinski definition) is 3. The molecular formula is C30H25BrN6O. The summed E-state index contributed by atoms with van der Waals surface area (Å²) >= 11 is 3.53. The van der Waals surface area contributed by atoms with Crippen LogP contribution >= 0.6 is 15.9 Å². The van der Waals surface area contributed by atoms with Crippen LogP contribution in [0.5, 0.6) is 0 Å².